The number of ketones is 1. The van der Waals surface area contributed by atoms with Crippen LogP contribution in [0.3, 0.4) is 0 Å². The van der Waals surface area contributed by atoms with Crippen molar-refractivity contribution < 1.29 is 14.6 Å². The molecule has 19 heavy (non-hydrogen) atoms. The van der Waals surface area contributed by atoms with E-state index in [2.05, 4.69) is 4.98 Å². The molecule has 0 amide bonds. The minimum atomic E-state index is -0.286. The molecule has 1 N–H and O–H groups in total. The Balaban J connectivity index is 2.19. The van der Waals surface area contributed by atoms with E-state index in [4.69, 9.17) is 4.74 Å². The Hall–Kier alpha value is -2.62. The van der Waals surface area contributed by atoms with Crippen LogP contribution in [0.5, 0.6) is 11.5 Å². The second kappa shape index (κ2) is 5.82. The van der Waals surface area contributed by atoms with Crippen LogP contribution < -0.4 is 4.74 Å². The van der Waals surface area contributed by atoms with E-state index in [1.807, 2.05) is 6.07 Å². The average molecular weight is 255 g/mol. The highest BCUT2D eigenvalue weighted by molar-refractivity contribution is 6.08. The van der Waals surface area contributed by atoms with Crippen molar-refractivity contribution in [2.45, 2.75) is 0 Å². The summed E-state index contributed by atoms with van der Waals surface area (Å²) in [7, 11) is 1.50. The number of phenols is 1. The number of ether oxygens (including phenoxy) is 1. The monoisotopic (exact) mass is 255 g/mol. The lowest BCUT2D eigenvalue weighted by atomic mass is 10.1. The standard InChI is InChI=1S/C15H13NO3/c1-19-12-6-7-13(15(18)10-12)14(17)8-5-11-4-2-3-9-16-11/h2-10,18H,1H3. The predicted octanol–water partition coefficient (Wildman–Crippen LogP) is 2.69. The Kier molecular flexibility index (Phi) is 3.93. The Bertz CT molecular complexity index is 606. The molecule has 1 aromatic heterocycles. The molecule has 0 radical (unpaired) electrons. The fourth-order valence-corrected chi connectivity index (χ4v) is 1.57. The molecule has 0 aliphatic heterocycles. The number of allylic oxidation sites excluding steroid dienone is 1. The van der Waals surface area contributed by atoms with Gasteiger partial charge in [0, 0.05) is 12.3 Å². The summed E-state index contributed by atoms with van der Waals surface area (Å²) in [4.78, 5) is 16.0. The molecule has 1 aromatic carbocycles. The first-order valence-electron chi connectivity index (χ1n) is 5.71. The summed E-state index contributed by atoms with van der Waals surface area (Å²) in [5.41, 5.74) is 0.914. The third kappa shape index (κ3) is 3.19. The molecule has 0 fully saturated rings. The van der Waals surface area contributed by atoms with Crippen molar-refractivity contribution in [2.75, 3.05) is 7.11 Å². The highest BCUT2D eigenvalue weighted by atomic mass is 16.5. The van der Waals surface area contributed by atoms with E-state index < -0.39 is 0 Å². The van der Waals surface area contributed by atoms with Gasteiger partial charge >= 0.3 is 0 Å². The molecular formula is C15H13NO3. The minimum absolute atomic E-state index is 0.102. The van der Waals surface area contributed by atoms with Crippen LogP contribution in [0.25, 0.3) is 6.08 Å². The molecule has 2 rings (SSSR count). The van der Waals surface area contributed by atoms with E-state index in [0.717, 1.165) is 0 Å². The van der Waals surface area contributed by atoms with Crippen molar-refractivity contribution >= 4 is 11.9 Å². The summed E-state index contributed by atoms with van der Waals surface area (Å²) < 4.78 is 4.96. The van der Waals surface area contributed by atoms with Gasteiger partial charge in [-0.2, -0.15) is 0 Å². The number of aromatic hydroxyl groups is 1. The fourth-order valence-electron chi connectivity index (χ4n) is 1.57. The van der Waals surface area contributed by atoms with Crippen molar-refractivity contribution in [2.24, 2.45) is 0 Å². The zero-order valence-corrected chi connectivity index (χ0v) is 10.4. The molecule has 1 heterocycles. The number of hydrogen-bond donors (Lipinski definition) is 1. The molecule has 0 saturated heterocycles. The highest BCUT2D eigenvalue weighted by Crippen LogP contribution is 2.24. The first-order valence-corrected chi connectivity index (χ1v) is 5.71. The van der Waals surface area contributed by atoms with Crippen LogP contribution in [0, 0.1) is 0 Å². The normalized spacial score (nSPS) is 10.6. The van der Waals surface area contributed by atoms with E-state index >= 15 is 0 Å². The van der Waals surface area contributed by atoms with Crippen LogP contribution >= 0.6 is 0 Å². The maximum atomic E-state index is 11.9. The Morgan fingerprint density at radius 2 is 2.16 bits per heavy atom. The molecule has 4 heteroatoms. The summed E-state index contributed by atoms with van der Waals surface area (Å²) in [5, 5.41) is 9.74. The van der Waals surface area contributed by atoms with Gasteiger partial charge in [-0.05, 0) is 36.4 Å². The molecule has 0 saturated carbocycles. The van der Waals surface area contributed by atoms with Gasteiger partial charge in [-0.15, -0.1) is 0 Å². The Labute approximate surface area is 111 Å². The number of methoxy groups -OCH3 is 1. The smallest absolute Gasteiger partial charge is 0.189 e. The van der Waals surface area contributed by atoms with Crippen LogP contribution in [-0.4, -0.2) is 23.0 Å². The Morgan fingerprint density at radius 1 is 1.32 bits per heavy atom. The summed E-state index contributed by atoms with van der Waals surface area (Å²) in [6.07, 6.45) is 4.63. The third-order valence-electron chi connectivity index (χ3n) is 2.56. The highest BCUT2D eigenvalue weighted by Gasteiger charge is 2.09. The van der Waals surface area contributed by atoms with Crippen LogP contribution in [0.2, 0.25) is 0 Å². The third-order valence-corrected chi connectivity index (χ3v) is 2.56. The maximum Gasteiger partial charge on any atom is 0.189 e. The first-order chi connectivity index (χ1) is 9.20. The number of aromatic nitrogens is 1. The molecule has 0 unspecified atom stereocenters. The molecule has 0 aliphatic carbocycles. The fraction of sp³-hybridized carbons (Fsp3) is 0.0667. The largest absolute Gasteiger partial charge is 0.507 e. The number of phenolic OH excluding ortho intramolecular Hbond substituents is 1. The first kappa shape index (κ1) is 12.8. The van der Waals surface area contributed by atoms with Gasteiger partial charge in [0.05, 0.1) is 18.4 Å². The average Bonchev–Trinajstić information content (AvgIpc) is 2.45. The van der Waals surface area contributed by atoms with Crippen molar-refractivity contribution in [1.82, 2.24) is 4.98 Å². The quantitative estimate of drug-likeness (QED) is 0.674. The number of rotatable bonds is 4. The zero-order valence-electron chi connectivity index (χ0n) is 10.4. The molecule has 96 valence electrons. The van der Waals surface area contributed by atoms with Gasteiger partial charge in [0.15, 0.2) is 5.78 Å². The van der Waals surface area contributed by atoms with E-state index in [-0.39, 0.29) is 17.1 Å². The van der Waals surface area contributed by atoms with Gasteiger partial charge in [0.25, 0.3) is 0 Å². The number of nitrogens with zero attached hydrogens (tertiary/aromatic N) is 1. The van der Waals surface area contributed by atoms with Crippen molar-refractivity contribution in [3.63, 3.8) is 0 Å². The maximum absolute atomic E-state index is 11.9. The molecular weight excluding hydrogens is 242 g/mol. The van der Waals surface area contributed by atoms with Gasteiger partial charge in [-0.1, -0.05) is 6.07 Å². The Morgan fingerprint density at radius 3 is 2.79 bits per heavy atom. The number of pyridine rings is 1. The lowest BCUT2D eigenvalue weighted by molar-refractivity contribution is 0.104. The van der Waals surface area contributed by atoms with Crippen LogP contribution in [-0.2, 0) is 0 Å². The van der Waals surface area contributed by atoms with Gasteiger partial charge in [0.1, 0.15) is 11.5 Å². The lowest BCUT2D eigenvalue weighted by Gasteiger charge is -2.03. The summed E-state index contributed by atoms with van der Waals surface area (Å²) in [5.74, 6) is 0.114. The molecule has 4 nitrogen and oxygen atoms in total. The lowest BCUT2D eigenvalue weighted by Crippen LogP contribution is -1.95. The number of carbonyl (C=O) groups is 1. The van der Waals surface area contributed by atoms with Crippen molar-refractivity contribution in [3.8, 4) is 11.5 Å². The van der Waals surface area contributed by atoms with Crippen molar-refractivity contribution in [1.29, 1.82) is 0 Å². The van der Waals surface area contributed by atoms with Gasteiger partial charge in [0.2, 0.25) is 0 Å². The second-order valence-corrected chi connectivity index (χ2v) is 3.84. The number of hydrogen-bond acceptors (Lipinski definition) is 4. The van der Waals surface area contributed by atoms with Crippen LogP contribution in [0.1, 0.15) is 16.1 Å². The molecule has 0 spiro atoms. The van der Waals surface area contributed by atoms with Gasteiger partial charge in [-0.25, -0.2) is 0 Å². The summed E-state index contributed by atoms with van der Waals surface area (Å²) in [6, 6.07) is 9.98. The van der Waals surface area contributed by atoms with E-state index in [1.165, 1.54) is 25.3 Å². The van der Waals surface area contributed by atoms with E-state index in [9.17, 15) is 9.90 Å². The van der Waals surface area contributed by atoms with Crippen LogP contribution in [0.15, 0.2) is 48.7 Å². The van der Waals surface area contributed by atoms with Gasteiger partial charge in [-0.3, -0.25) is 9.78 Å². The molecule has 0 atom stereocenters. The SMILES string of the molecule is COc1ccc(C(=O)C=Cc2ccccn2)c(O)c1. The zero-order chi connectivity index (χ0) is 13.7. The number of benzene rings is 1. The summed E-state index contributed by atoms with van der Waals surface area (Å²) in [6.45, 7) is 0. The van der Waals surface area contributed by atoms with Crippen molar-refractivity contribution in [3.05, 3.63) is 59.9 Å². The van der Waals surface area contributed by atoms with Gasteiger partial charge < -0.3 is 9.84 Å². The topological polar surface area (TPSA) is 59.4 Å². The molecule has 0 aliphatic rings. The summed E-state index contributed by atoms with van der Waals surface area (Å²) >= 11 is 0. The molecule has 2 aromatic rings. The minimum Gasteiger partial charge on any atom is -0.507 e. The van der Waals surface area contributed by atoms with E-state index in [0.29, 0.717) is 11.4 Å². The second-order valence-electron chi connectivity index (χ2n) is 3.84. The molecule has 0 bridgehead atoms. The van der Waals surface area contributed by atoms with E-state index in [1.54, 1.807) is 30.5 Å². The predicted molar refractivity (Wildman–Crippen MR) is 72.3 cm³/mol. The van der Waals surface area contributed by atoms with Crippen LogP contribution in [0.4, 0.5) is 0 Å². The number of carbonyl (C=O) groups excluding carboxylic acids is 1.